The number of benzene rings is 1. The Morgan fingerprint density at radius 3 is 2.75 bits per heavy atom. The highest BCUT2D eigenvalue weighted by Crippen LogP contribution is 2.23. The number of sulfonamides is 1. The molecule has 0 saturated carbocycles. The van der Waals surface area contributed by atoms with Crippen molar-refractivity contribution in [3.05, 3.63) is 47.3 Å². The third-order valence-electron chi connectivity index (χ3n) is 4.48. The summed E-state index contributed by atoms with van der Waals surface area (Å²) in [6, 6.07) is 11.7. The van der Waals surface area contributed by atoms with E-state index in [9.17, 15) is 13.2 Å². The number of hydrogen-bond donors (Lipinski definition) is 1. The summed E-state index contributed by atoms with van der Waals surface area (Å²) < 4.78 is 32.9. The van der Waals surface area contributed by atoms with Gasteiger partial charge in [0.25, 0.3) is 15.9 Å². The van der Waals surface area contributed by atoms with Gasteiger partial charge in [0, 0.05) is 37.1 Å². The second-order valence-electron chi connectivity index (χ2n) is 6.37. The summed E-state index contributed by atoms with van der Waals surface area (Å²) in [6.45, 7) is 1.51. The zero-order chi connectivity index (χ0) is 20.0. The number of carbonyl (C=O) groups excluding carboxylic acids is 1. The van der Waals surface area contributed by atoms with Crippen LogP contribution in [0.15, 0.2) is 46.0 Å². The molecule has 28 heavy (non-hydrogen) atoms. The van der Waals surface area contributed by atoms with Gasteiger partial charge in [-0.1, -0.05) is 12.1 Å². The summed E-state index contributed by atoms with van der Waals surface area (Å²) >= 11 is 1.12. The number of carbonyl (C=O) groups is 1. The standard InChI is InChI=1S/C19H21N3O4S2/c20-9-3-10-22(17-7-11-26-12-8-17)19(23)15-4-1-5-16(14-15)21-28(24,25)18-6-2-13-27-18/h1-2,4-6,13-14,17,21H,3,7-8,10-12H2. The van der Waals surface area contributed by atoms with Crippen molar-refractivity contribution in [2.24, 2.45) is 0 Å². The van der Waals surface area contributed by atoms with Crippen molar-refractivity contribution in [2.45, 2.75) is 29.5 Å². The Morgan fingerprint density at radius 1 is 1.29 bits per heavy atom. The predicted octanol–water partition coefficient (Wildman–Crippen LogP) is 3.08. The Bertz CT molecular complexity index is 946. The van der Waals surface area contributed by atoms with Gasteiger partial charge in [0.1, 0.15) is 4.21 Å². The molecule has 0 atom stereocenters. The third-order valence-corrected chi connectivity index (χ3v) is 7.26. The fraction of sp³-hybridized carbons (Fsp3) is 0.368. The van der Waals surface area contributed by atoms with Crippen LogP contribution >= 0.6 is 11.3 Å². The number of nitrogens with one attached hydrogen (secondary N) is 1. The van der Waals surface area contributed by atoms with E-state index < -0.39 is 10.0 Å². The van der Waals surface area contributed by atoms with Crippen molar-refractivity contribution in [1.82, 2.24) is 4.90 Å². The Labute approximate surface area is 168 Å². The molecule has 1 amide bonds. The average molecular weight is 420 g/mol. The van der Waals surface area contributed by atoms with Gasteiger partial charge < -0.3 is 9.64 Å². The molecule has 1 N–H and O–H groups in total. The van der Waals surface area contributed by atoms with Crippen molar-refractivity contribution in [3.63, 3.8) is 0 Å². The SMILES string of the molecule is N#CCCN(C(=O)c1cccc(NS(=O)(=O)c2cccs2)c1)C1CCOCC1. The fourth-order valence-electron chi connectivity index (χ4n) is 3.12. The normalized spacial score (nSPS) is 15.0. The first kappa shape index (κ1) is 20.3. The summed E-state index contributed by atoms with van der Waals surface area (Å²) in [4.78, 5) is 14.8. The molecule has 1 fully saturated rings. The van der Waals surface area contributed by atoms with Gasteiger partial charge in [-0.05, 0) is 42.5 Å². The van der Waals surface area contributed by atoms with E-state index >= 15 is 0 Å². The molecule has 148 valence electrons. The van der Waals surface area contributed by atoms with Crippen molar-refractivity contribution in [2.75, 3.05) is 24.5 Å². The van der Waals surface area contributed by atoms with Crippen LogP contribution < -0.4 is 4.72 Å². The smallest absolute Gasteiger partial charge is 0.271 e. The zero-order valence-corrected chi connectivity index (χ0v) is 16.8. The Balaban J connectivity index is 1.80. The van der Waals surface area contributed by atoms with Crippen molar-refractivity contribution < 1.29 is 17.9 Å². The van der Waals surface area contributed by atoms with Gasteiger partial charge in [0.15, 0.2) is 0 Å². The number of nitrogens with zero attached hydrogens (tertiary/aromatic N) is 2. The lowest BCUT2D eigenvalue weighted by Gasteiger charge is -2.34. The Morgan fingerprint density at radius 2 is 2.07 bits per heavy atom. The van der Waals surface area contributed by atoms with Crippen LogP contribution in [-0.2, 0) is 14.8 Å². The van der Waals surface area contributed by atoms with E-state index in [1.807, 2.05) is 0 Å². The third kappa shape index (κ3) is 4.90. The Hall–Kier alpha value is -2.41. The molecule has 0 bridgehead atoms. The van der Waals surface area contributed by atoms with Crippen LogP contribution in [-0.4, -0.2) is 45.0 Å². The maximum Gasteiger partial charge on any atom is 0.271 e. The average Bonchev–Trinajstić information content (AvgIpc) is 3.25. The number of nitriles is 1. The van der Waals surface area contributed by atoms with Crippen LogP contribution in [0.2, 0.25) is 0 Å². The molecule has 2 heterocycles. The summed E-state index contributed by atoms with van der Waals surface area (Å²) in [5, 5.41) is 10.6. The predicted molar refractivity (Wildman–Crippen MR) is 107 cm³/mol. The lowest BCUT2D eigenvalue weighted by atomic mass is 10.0. The van der Waals surface area contributed by atoms with Crippen LogP contribution in [0.1, 0.15) is 29.6 Å². The summed E-state index contributed by atoms with van der Waals surface area (Å²) in [5.74, 6) is -0.209. The molecular formula is C19H21N3O4S2. The van der Waals surface area contributed by atoms with E-state index in [1.54, 1.807) is 34.5 Å². The summed E-state index contributed by atoms with van der Waals surface area (Å²) in [5.41, 5.74) is 0.710. The van der Waals surface area contributed by atoms with Gasteiger partial charge in [-0.3, -0.25) is 9.52 Å². The van der Waals surface area contributed by atoms with Gasteiger partial charge >= 0.3 is 0 Å². The number of amides is 1. The van der Waals surface area contributed by atoms with Crippen LogP contribution in [0.25, 0.3) is 0 Å². The van der Waals surface area contributed by atoms with Crippen molar-refractivity contribution in [1.29, 1.82) is 5.26 Å². The molecule has 1 aliphatic rings. The molecule has 1 aromatic carbocycles. The first-order chi connectivity index (χ1) is 13.5. The monoisotopic (exact) mass is 419 g/mol. The number of ether oxygens (including phenoxy) is 1. The van der Waals surface area contributed by atoms with Gasteiger partial charge in [-0.15, -0.1) is 11.3 Å². The van der Waals surface area contributed by atoms with Gasteiger partial charge in [0.2, 0.25) is 0 Å². The lowest BCUT2D eigenvalue weighted by Crippen LogP contribution is -2.44. The highest BCUT2D eigenvalue weighted by Gasteiger charge is 2.26. The lowest BCUT2D eigenvalue weighted by molar-refractivity contribution is 0.0296. The highest BCUT2D eigenvalue weighted by atomic mass is 32.2. The van der Waals surface area contributed by atoms with E-state index in [1.165, 1.54) is 12.1 Å². The van der Waals surface area contributed by atoms with E-state index in [-0.39, 0.29) is 22.6 Å². The number of anilines is 1. The number of thiophene rings is 1. The van der Waals surface area contributed by atoms with Gasteiger partial charge in [-0.2, -0.15) is 5.26 Å². The zero-order valence-electron chi connectivity index (χ0n) is 15.2. The first-order valence-electron chi connectivity index (χ1n) is 8.93. The molecule has 0 spiro atoms. The molecule has 0 radical (unpaired) electrons. The highest BCUT2D eigenvalue weighted by molar-refractivity contribution is 7.94. The minimum absolute atomic E-state index is 0.0149. The van der Waals surface area contributed by atoms with Crippen LogP contribution in [0.4, 0.5) is 5.69 Å². The van der Waals surface area contributed by atoms with Gasteiger partial charge in [-0.25, -0.2) is 8.42 Å². The van der Waals surface area contributed by atoms with Crippen molar-refractivity contribution in [3.8, 4) is 6.07 Å². The topological polar surface area (TPSA) is 99.5 Å². The van der Waals surface area contributed by atoms with E-state index in [4.69, 9.17) is 10.00 Å². The molecular weight excluding hydrogens is 398 g/mol. The molecule has 9 heteroatoms. The van der Waals surface area contributed by atoms with E-state index in [0.29, 0.717) is 31.0 Å². The largest absolute Gasteiger partial charge is 0.381 e. The van der Waals surface area contributed by atoms with Crippen molar-refractivity contribution >= 4 is 33.0 Å². The van der Waals surface area contributed by atoms with Crippen LogP contribution in [0.3, 0.4) is 0 Å². The summed E-state index contributed by atoms with van der Waals surface area (Å²) in [6.07, 6.45) is 1.69. The maximum absolute atomic E-state index is 13.1. The molecule has 1 aliphatic heterocycles. The molecule has 1 aromatic heterocycles. The maximum atomic E-state index is 13.1. The first-order valence-corrected chi connectivity index (χ1v) is 11.3. The van der Waals surface area contributed by atoms with E-state index in [2.05, 4.69) is 10.8 Å². The Kier molecular flexibility index (Phi) is 6.67. The number of hydrogen-bond acceptors (Lipinski definition) is 6. The second kappa shape index (κ2) is 9.19. The van der Waals surface area contributed by atoms with Crippen LogP contribution in [0.5, 0.6) is 0 Å². The molecule has 0 unspecified atom stereocenters. The summed E-state index contributed by atoms with van der Waals surface area (Å²) in [7, 11) is -3.68. The van der Waals surface area contributed by atoms with Crippen LogP contribution in [0, 0.1) is 11.3 Å². The number of rotatable bonds is 7. The molecule has 3 rings (SSSR count). The minimum atomic E-state index is -3.68. The molecule has 1 saturated heterocycles. The minimum Gasteiger partial charge on any atom is -0.381 e. The van der Waals surface area contributed by atoms with Gasteiger partial charge in [0.05, 0.1) is 12.5 Å². The second-order valence-corrected chi connectivity index (χ2v) is 9.23. The van der Waals surface area contributed by atoms with E-state index in [0.717, 1.165) is 24.2 Å². The fourth-order valence-corrected chi connectivity index (χ4v) is 5.16. The quantitative estimate of drug-likeness (QED) is 0.743. The molecule has 7 nitrogen and oxygen atoms in total. The molecule has 2 aromatic rings. The molecule has 0 aliphatic carbocycles.